The van der Waals surface area contributed by atoms with Gasteiger partial charge in [0, 0.05) is 39.5 Å². The smallest absolute Gasteiger partial charge is 0.323 e. The van der Waals surface area contributed by atoms with Crippen LogP contribution < -0.4 is 0 Å². The Balaban J connectivity index is 5.77. The lowest BCUT2D eigenvalue weighted by molar-refractivity contribution is -0.151. The summed E-state index contributed by atoms with van der Waals surface area (Å²) >= 11 is 0. The maximum Gasteiger partial charge on any atom is 0.323 e. The lowest BCUT2D eigenvalue weighted by Gasteiger charge is -2.29. The average Bonchev–Trinajstić information content (AvgIpc) is 2.84. The van der Waals surface area contributed by atoms with E-state index < -0.39 is 86.9 Å². The summed E-state index contributed by atoms with van der Waals surface area (Å²) in [5, 5.41) is 36.2. The van der Waals surface area contributed by atoms with Gasteiger partial charge >= 0.3 is 35.8 Å². The Morgan fingerprint density at radius 3 is 1.21 bits per heavy atom. The van der Waals surface area contributed by atoms with Crippen LogP contribution in [-0.4, -0.2) is 166 Å². The SMILES string of the molecule is CCCC(=O)OCCN(CCN(CCOC(C)=O)CC(=O)N(CC(=O)O)CC(=O)O)CC(=O)N(CC(=O)O)CC(=O)O. The molecule has 0 aliphatic rings. The molecule has 0 aliphatic heterocycles. The third-order valence-corrected chi connectivity index (χ3v) is 5.30. The van der Waals surface area contributed by atoms with E-state index in [9.17, 15) is 38.4 Å². The van der Waals surface area contributed by atoms with Crippen molar-refractivity contribution in [1.29, 1.82) is 0 Å². The second-order valence-corrected chi connectivity index (χ2v) is 8.94. The molecular formula is C24H38N4O14. The van der Waals surface area contributed by atoms with E-state index in [0.29, 0.717) is 16.2 Å². The highest BCUT2D eigenvalue weighted by Gasteiger charge is 2.25. The van der Waals surface area contributed by atoms with Crippen LogP contribution in [0.5, 0.6) is 0 Å². The van der Waals surface area contributed by atoms with Gasteiger partial charge < -0.3 is 39.7 Å². The number of carboxylic acids is 4. The first-order valence-corrected chi connectivity index (χ1v) is 12.8. The van der Waals surface area contributed by atoms with E-state index in [4.69, 9.17) is 29.9 Å². The molecule has 0 bridgehead atoms. The van der Waals surface area contributed by atoms with Gasteiger partial charge in [0.1, 0.15) is 39.4 Å². The van der Waals surface area contributed by atoms with Crippen molar-refractivity contribution in [2.24, 2.45) is 0 Å². The second-order valence-electron chi connectivity index (χ2n) is 8.94. The first-order valence-electron chi connectivity index (χ1n) is 12.8. The van der Waals surface area contributed by atoms with E-state index in [0.717, 1.165) is 6.92 Å². The lowest BCUT2D eigenvalue weighted by atomic mass is 10.3. The number of carbonyl (C=O) groups excluding carboxylic acids is 4. The molecule has 2 amide bonds. The summed E-state index contributed by atoms with van der Waals surface area (Å²) in [7, 11) is 0. The van der Waals surface area contributed by atoms with Gasteiger partial charge in [-0.3, -0.25) is 48.2 Å². The molecule has 0 heterocycles. The summed E-state index contributed by atoms with van der Waals surface area (Å²) in [4.78, 5) is 97.1. The minimum absolute atomic E-state index is 0.0315. The fourth-order valence-electron chi connectivity index (χ4n) is 3.41. The highest BCUT2D eigenvalue weighted by molar-refractivity contribution is 5.87. The maximum atomic E-state index is 12.8. The summed E-state index contributed by atoms with van der Waals surface area (Å²) in [6.45, 7) is -2.05. The predicted molar refractivity (Wildman–Crippen MR) is 139 cm³/mol. The van der Waals surface area contributed by atoms with Gasteiger partial charge in [0.15, 0.2) is 0 Å². The maximum absolute atomic E-state index is 12.8. The van der Waals surface area contributed by atoms with Crippen LogP contribution in [0.1, 0.15) is 26.7 Å². The quantitative estimate of drug-likeness (QED) is 0.0877. The monoisotopic (exact) mass is 606 g/mol. The number of amides is 2. The summed E-state index contributed by atoms with van der Waals surface area (Å²) in [5.74, 6) is -8.56. The predicted octanol–water partition coefficient (Wildman–Crippen LogP) is -2.51. The second kappa shape index (κ2) is 20.5. The van der Waals surface area contributed by atoms with Crippen molar-refractivity contribution in [3.8, 4) is 0 Å². The van der Waals surface area contributed by atoms with E-state index in [2.05, 4.69) is 0 Å². The largest absolute Gasteiger partial charge is 0.480 e. The fourth-order valence-corrected chi connectivity index (χ4v) is 3.41. The van der Waals surface area contributed by atoms with Gasteiger partial charge in [0.2, 0.25) is 11.8 Å². The van der Waals surface area contributed by atoms with Gasteiger partial charge in [-0.05, 0) is 6.42 Å². The van der Waals surface area contributed by atoms with Crippen LogP contribution in [0, 0.1) is 0 Å². The first-order chi connectivity index (χ1) is 19.6. The summed E-state index contributed by atoms with van der Waals surface area (Å²) in [5.41, 5.74) is 0. The van der Waals surface area contributed by atoms with Gasteiger partial charge in [-0.1, -0.05) is 6.92 Å². The Labute approximate surface area is 241 Å². The first kappa shape index (κ1) is 37.7. The number of carbonyl (C=O) groups is 8. The van der Waals surface area contributed by atoms with Crippen molar-refractivity contribution in [1.82, 2.24) is 19.6 Å². The van der Waals surface area contributed by atoms with Gasteiger partial charge in [0.05, 0.1) is 13.1 Å². The van der Waals surface area contributed by atoms with Gasteiger partial charge in [0.25, 0.3) is 0 Å². The molecule has 0 unspecified atom stereocenters. The Bertz CT molecular complexity index is 941. The molecule has 0 aliphatic carbocycles. The van der Waals surface area contributed by atoms with E-state index in [1.807, 2.05) is 0 Å². The number of esters is 2. The number of nitrogens with zero attached hydrogens (tertiary/aromatic N) is 4. The molecule has 0 rings (SSSR count). The topological polar surface area (TPSA) is 249 Å². The van der Waals surface area contributed by atoms with Crippen LogP contribution in [0.15, 0.2) is 0 Å². The van der Waals surface area contributed by atoms with E-state index in [1.54, 1.807) is 6.92 Å². The zero-order valence-electron chi connectivity index (χ0n) is 23.6. The summed E-state index contributed by atoms with van der Waals surface area (Å²) in [6.07, 6.45) is 0.686. The Morgan fingerprint density at radius 2 is 0.905 bits per heavy atom. The third kappa shape index (κ3) is 18.9. The molecule has 0 aromatic heterocycles. The molecule has 0 spiro atoms. The van der Waals surface area contributed by atoms with E-state index in [1.165, 1.54) is 9.80 Å². The van der Waals surface area contributed by atoms with Crippen LogP contribution in [0.4, 0.5) is 0 Å². The lowest BCUT2D eigenvalue weighted by Crippen LogP contribution is -2.49. The molecule has 0 atom stereocenters. The number of aliphatic carboxylic acids is 4. The van der Waals surface area contributed by atoms with Crippen LogP contribution in [0.2, 0.25) is 0 Å². The minimum Gasteiger partial charge on any atom is -0.480 e. The number of rotatable bonds is 23. The zero-order chi connectivity index (χ0) is 32.2. The average molecular weight is 607 g/mol. The van der Waals surface area contributed by atoms with Crippen LogP contribution in [-0.2, 0) is 47.8 Å². The van der Waals surface area contributed by atoms with Crippen molar-refractivity contribution in [3.63, 3.8) is 0 Å². The molecule has 4 N–H and O–H groups in total. The van der Waals surface area contributed by atoms with Crippen LogP contribution >= 0.6 is 0 Å². The highest BCUT2D eigenvalue weighted by Crippen LogP contribution is 2.02. The Kier molecular flexibility index (Phi) is 18.4. The van der Waals surface area contributed by atoms with Crippen molar-refractivity contribution < 1.29 is 68.3 Å². The van der Waals surface area contributed by atoms with Gasteiger partial charge in [-0.25, -0.2) is 0 Å². The third-order valence-electron chi connectivity index (χ3n) is 5.30. The van der Waals surface area contributed by atoms with Crippen LogP contribution in [0.25, 0.3) is 0 Å². The normalized spacial score (nSPS) is 10.7. The van der Waals surface area contributed by atoms with Crippen molar-refractivity contribution >= 4 is 47.6 Å². The molecule has 238 valence electrons. The van der Waals surface area contributed by atoms with Crippen LogP contribution in [0.3, 0.4) is 0 Å². The molecule has 0 saturated heterocycles. The number of hydrogen-bond donors (Lipinski definition) is 4. The molecule has 0 fully saturated rings. The summed E-state index contributed by atoms with van der Waals surface area (Å²) in [6, 6.07) is 0. The molecule has 42 heavy (non-hydrogen) atoms. The molecule has 0 radical (unpaired) electrons. The van der Waals surface area contributed by atoms with Gasteiger partial charge in [-0.2, -0.15) is 0 Å². The highest BCUT2D eigenvalue weighted by atomic mass is 16.5. The number of carboxylic acid groups (broad SMARTS) is 4. The Morgan fingerprint density at radius 1 is 0.548 bits per heavy atom. The van der Waals surface area contributed by atoms with Crippen molar-refractivity contribution in [3.05, 3.63) is 0 Å². The summed E-state index contributed by atoms with van der Waals surface area (Å²) < 4.78 is 10.0. The molecule has 0 aromatic rings. The van der Waals surface area contributed by atoms with Gasteiger partial charge in [-0.15, -0.1) is 0 Å². The number of hydrogen-bond acceptors (Lipinski definition) is 12. The fraction of sp³-hybridized carbons (Fsp3) is 0.667. The van der Waals surface area contributed by atoms with Crippen molar-refractivity contribution in [2.75, 3.05) is 78.7 Å². The van der Waals surface area contributed by atoms with E-state index in [-0.39, 0.29) is 45.8 Å². The molecule has 18 nitrogen and oxygen atoms in total. The molecule has 0 aromatic carbocycles. The standard InChI is InChI=1S/C24H38N4O14/c1-3-4-24(40)42-10-8-26(12-19(31)28(15-22(36)37)16-23(38)39)6-5-25(7-9-41-17(2)29)11-18(30)27(13-20(32)33)14-21(34)35/h3-16H2,1-2H3,(H,32,33)(H,34,35)(H,36,37)(H,38,39). The zero-order valence-corrected chi connectivity index (χ0v) is 23.6. The van der Waals surface area contributed by atoms with Crippen molar-refractivity contribution in [2.45, 2.75) is 26.7 Å². The van der Waals surface area contributed by atoms with E-state index >= 15 is 0 Å². The molecule has 0 saturated carbocycles. The number of ether oxygens (including phenoxy) is 2. The molecular weight excluding hydrogens is 568 g/mol. The Hall–Kier alpha value is -4.32. The molecule has 18 heteroatoms. The minimum atomic E-state index is -1.44.